The summed E-state index contributed by atoms with van der Waals surface area (Å²) in [5.74, 6) is -1.98. The number of halogens is 1. The lowest BCUT2D eigenvalue weighted by molar-refractivity contribution is -0.152. The van der Waals surface area contributed by atoms with E-state index in [1.54, 1.807) is 56.1 Å². The third-order valence-corrected chi connectivity index (χ3v) is 8.47. The van der Waals surface area contributed by atoms with Gasteiger partial charge in [-0.05, 0) is 61.1 Å². The van der Waals surface area contributed by atoms with Crippen LogP contribution in [-0.4, -0.2) is 120 Å². The van der Waals surface area contributed by atoms with Crippen LogP contribution < -0.4 is 5.73 Å². The fraction of sp³-hybridized carbons (Fsp3) is 0.529. The lowest BCUT2D eigenvalue weighted by atomic mass is 9.96. The van der Waals surface area contributed by atoms with E-state index < -0.39 is 29.9 Å². The Kier molecular flexibility index (Phi) is 13.1. The largest absolute Gasteiger partial charge is 0.508 e. The Morgan fingerprint density at radius 2 is 1.54 bits per heavy atom. The van der Waals surface area contributed by atoms with E-state index in [1.165, 1.54) is 29.0 Å². The number of hydrogen-bond acceptors (Lipinski definition) is 8. The van der Waals surface area contributed by atoms with Crippen LogP contribution in [0.2, 0.25) is 0 Å². The molecule has 252 valence electrons. The number of amides is 3. The molecule has 0 radical (unpaired) electrons. The monoisotopic (exact) mass is 641 g/mol. The predicted molar refractivity (Wildman–Crippen MR) is 172 cm³/mol. The smallest absolute Gasteiger partial charge is 0.320 e. The van der Waals surface area contributed by atoms with Crippen LogP contribution in [0.25, 0.3) is 0 Å². The van der Waals surface area contributed by atoms with E-state index in [2.05, 4.69) is 0 Å². The summed E-state index contributed by atoms with van der Waals surface area (Å²) in [7, 11) is 3.10. The number of piperazine rings is 1. The molecule has 0 unspecified atom stereocenters. The number of hydrogen-bond donors (Lipinski definition) is 2. The molecule has 3 atom stereocenters. The number of aromatic hydroxyl groups is 1. The Morgan fingerprint density at radius 3 is 2.11 bits per heavy atom. The number of nitrogens with zero attached hydrogens (tertiary/aromatic N) is 4. The molecule has 3 rings (SSSR count). The molecule has 2 aromatic carbocycles. The highest BCUT2D eigenvalue weighted by Crippen LogP contribution is 2.22. The summed E-state index contributed by atoms with van der Waals surface area (Å²) in [5, 5.41) is 10.1. The van der Waals surface area contributed by atoms with Gasteiger partial charge in [0.15, 0.2) is 0 Å². The van der Waals surface area contributed by atoms with Gasteiger partial charge in [-0.1, -0.05) is 38.1 Å². The van der Waals surface area contributed by atoms with Gasteiger partial charge in [-0.3, -0.25) is 24.1 Å². The Hall–Kier alpha value is -4.03. The minimum atomic E-state index is -0.960. The number of rotatable bonds is 13. The molecule has 1 fully saturated rings. The summed E-state index contributed by atoms with van der Waals surface area (Å²) in [6.45, 7) is 9.31. The Balaban J connectivity index is 1.82. The van der Waals surface area contributed by atoms with Crippen molar-refractivity contribution < 1.29 is 33.4 Å². The SMILES string of the molecule is CCOC(=O)CN1CCN(C(=O)[C@H](Cc2ccc(O)c(C)c2)N(C)C(=O)[C@H](C(C)C)N(C)C(=O)[C@@H](N)Cc2ccc(F)cc2)CC1. The maximum atomic E-state index is 14.2. The molecule has 3 amide bonds. The van der Waals surface area contributed by atoms with E-state index in [0.29, 0.717) is 43.9 Å². The van der Waals surface area contributed by atoms with Crippen LogP contribution in [0.3, 0.4) is 0 Å². The zero-order valence-corrected chi connectivity index (χ0v) is 27.7. The molecule has 11 nitrogen and oxygen atoms in total. The molecular weight excluding hydrogens is 593 g/mol. The predicted octanol–water partition coefficient (Wildman–Crippen LogP) is 1.97. The van der Waals surface area contributed by atoms with Crippen molar-refractivity contribution in [3.8, 4) is 5.75 Å². The number of carbonyl (C=O) groups is 4. The molecule has 0 aliphatic carbocycles. The van der Waals surface area contributed by atoms with Crippen molar-refractivity contribution in [2.24, 2.45) is 11.7 Å². The molecule has 1 aliphatic rings. The van der Waals surface area contributed by atoms with E-state index in [9.17, 15) is 28.7 Å². The van der Waals surface area contributed by atoms with Crippen molar-refractivity contribution in [1.82, 2.24) is 19.6 Å². The number of benzene rings is 2. The van der Waals surface area contributed by atoms with Gasteiger partial charge in [0, 0.05) is 46.7 Å². The molecule has 3 N–H and O–H groups in total. The third kappa shape index (κ3) is 9.49. The van der Waals surface area contributed by atoms with Gasteiger partial charge in [0.05, 0.1) is 19.2 Å². The molecule has 1 saturated heterocycles. The van der Waals surface area contributed by atoms with E-state index in [1.807, 2.05) is 18.7 Å². The molecule has 46 heavy (non-hydrogen) atoms. The second-order valence-electron chi connectivity index (χ2n) is 12.3. The standard InChI is InChI=1S/C34H48FN5O6/c1-7-46-30(42)21-39-14-16-40(17-15-39)33(44)28(20-25-10-13-29(41)23(4)18-25)37(5)34(45)31(22(2)3)38(6)32(43)27(36)19-24-8-11-26(35)12-9-24/h8-13,18,22,27-28,31,41H,7,14-17,19-21,36H2,1-6H3/t27-,28-,31-/m0/s1. The number of phenolic OH excluding ortho intramolecular Hbond substituents is 1. The van der Waals surface area contributed by atoms with Crippen molar-refractivity contribution in [3.63, 3.8) is 0 Å². The zero-order valence-electron chi connectivity index (χ0n) is 27.7. The van der Waals surface area contributed by atoms with Gasteiger partial charge in [0.2, 0.25) is 17.7 Å². The van der Waals surface area contributed by atoms with Gasteiger partial charge in [-0.15, -0.1) is 0 Å². The van der Waals surface area contributed by atoms with Crippen LogP contribution in [0.4, 0.5) is 4.39 Å². The number of ether oxygens (including phenoxy) is 1. The summed E-state index contributed by atoms with van der Waals surface area (Å²) in [4.78, 5) is 60.1. The molecule has 2 aromatic rings. The van der Waals surface area contributed by atoms with Crippen molar-refractivity contribution >= 4 is 23.7 Å². The molecule has 12 heteroatoms. The summed E-state index contributed by atoms with van der Waals surface area (Å²) >= 11 is 0. The van der Waals surface area contributed by atoms with Crippen LogP contribution in [-0.2, 0) is 36.8 Å². The molecule has 0 aromatic heterocycles. The fourth-order valence-electron chi connectivity index (χ4n) is 5.80. The molecular formula is C34H48FN5O6. The van der Waals surface area contributed by atoms with Crippen molar-refractivity contribution in [2.75, 3.05) is 53.4 Å². The van der Waals surface area contributed by atoms with Crippen LogP contribution >= 0.6 is 0 Å². The summed E-state index contributed by atoms with van der Waals surface area (Å²) in [6.07, 6.45) is 0.361. The fourth-order valence-corrected chi connectivity index (χ4v) is 5.80. The number of esters is 1. The first-order valence-corrected chi connectivity index (χ1v) is 15.7. The minimum Gasteiger partial charge on any atom is -0.508 e. The van der Waals surface area contributed by atoms with Crippen LogP contribution in [0.5, 0.6) is 5.75 Å². The topological polar surface area (TPSA) is 137 Å². The summed E-state index contributed by atoms with van der Waals surface area (Å²) < 4.78 is 18.4. The lowest BCUT2D eigenvalue weighted by Gasteiger charge is -2.40. The number of likely N-dealkylation sites (N-methyl/N-ethyl adjacent to an activating group) is 2. The first kappa shape index (κ1) is 36.4. The number of phenols is 1. The summed E-state index contributed by atoms with van der Waals surface area (Å²) in [6, 6.07) is 8.06. The summed E-state index contributed by atoms with van der Waals surface area (Å²) in [5.41, 5.74) is 8.37. The van der Waals surface area contributed by atoms with Crippen LogP contribution in [0.15, 0.2) is 42.5 Å². The van der Waals surface area contributed by atoms with Crippen LogP contribution in [0, 0.1) is 18.7 Å². The number of nitrogens with two attached hydrogens (primary N) is 1. The van der Waals surface area contributed by atoms with Gasteiger partial charge in [-0.2, -0.15) is 0 Å². The van der Waals surface area contributed by atoms with Gasteiger partial charge in [0.1, 0.15) is 23.7 Å². The minimum absolute atomic E-state index is 0.130. The number of carbonyl (C=O) groups excluding carboxylic acids is 4. The average Bonchev–Trinajstić information content (AvgIpc) is 3.01. The Bertz CT molecular complexity index is 1360. The second-order valence-corrected chi connectivity index (χ2v) is 12.3. The zero-order chi connectivity index (χ0) is 34.1. The van der Waals surface area contributed by atoms with Gasteiger partial charge < -0.3 is 30.3 Å². The van der Waals surface area contributed by atoms with Gasteiger partial charge in [0.25, 0.3) is 0 Å². The molecule has 0 bridgehead atoms. The number of aryl methyl sites for hydroxylation is 1. The van der Waals surface area contributed by atoms with Crippen LogP contribution in [0.1, 0.15) is 37.5 Å². The van der Waals surface area contributed by atoms with Crippen molar-refractivity contribution in [2.45, 2.75) is 58.7 Å². The normalized spacial score (nSPS) is 15.6. The maximum absolute atomic E-state index is 14.2. The first-order chi connectivity index (χ1) is 21.7. The second kappa shape index (κ2) is 16.5. The molecule has 0 saturated carbocycles. The van der Waals surface area contributed by atoms with E-state index in [4.69, 9.17) is 10.5 Å². The lowest BCUT2D eigenvalue weighted by Crippen LogP contribution is -2.60. The highest BCUT2D eigenvalue weighted by Gasteiger charge is 2.39. The molecule has 1 aliphatic heterocycles. The quantitative estimate of drug-likeness (QED) is 0.317. The maximum Gasteiger partial charge on any atom is 0.320 e. The van der Waals surface area contributed by atoms with E-state index >= 15 is 0 Å². The first-order valence-electron chi connectivity index (χ1n) is 15.7. The molecule has 0 spiro atoms. The highest BCUT2D eigenvalue weighted by atomic mass is 19.1. The average molecular weight is 642 g/mol. The highest BCUT2D eigenvalue weighted by molar-refractivity contribution is 5.93. The van der Waals surface area contributed by atoms with Gasteiger partial charge >= 0.3 is 5.97 Å². The third-order valence-electron chi connectivity index (χ3n) is 8.47. The van der Waals surface area contributed by atoms with Gasteiger partial charge in [-0.25, -0.2) is 4.39 Å². The Morgan fingerprint density at radius 1 is 0.935 bits per heavy atom. The molecule has 1 heterocycles. The van der Waals surface area contributed by atoms with Crippen molar-refractivity contribution in [3.05, 3.63) is 65.0 Å². The van der Waals surface area contributed by atoms with E-state index in [-0.39, 0.29) is 48.7 Å². The Labute approximate surface area is 271 Å². The van der Waals surface area contributed by atoms with E-state index in [0.717, 1.165) is 5.56 Å². The van der Waals surface area contributed by atoms with Crippen molar-refractivity contribution in [1.29, 1.82) is 0 Å².